The Morgan fingerprint density at radius 2 is 1.67 bits per heavy atom. The maximum atomic E-state index is 12.8. The van der Waals surface area contributed by atoms with Crippen molar-refractivity contribution in [3.8, 4) is 5.75 Å². The van der Waals surface area contributed by atoms with Crippen molar-refractivity contribution in [2.75, 3.05) is 25.0 Å². The van der Waals surface area contributed by atoms with Gasteiger partial charge in [-0.1, -0.05) is 12.8 Å². The van der Waals surface area contributed by atoms with Crippen LogP contribution in [0.3, 0.4) is 0 Å². The molecule has 0 atom stereocenters. The highest BCUT2D eigenvalue weighted by atomic mass is 16.5. The summed E-state index contributed by atoms with van der Waals surface area (Å²) in [5.74, 6) is 0.393. The minimum absolute atomic E-state index is 0.0900. The Kier molecular flexibility index (Phi) is 6.23. The molecule has 0 radical (unpaired) electrons. The molecule has 0 spiro atoms. The van der Waals surface area contributed by atoms with Crippen LogP contribution in [-0.4, -0.2) is 36.4 Å². The van der Waals surface area contributed by atoms with Gasteiger partial charge in [-0.2, -0.15) is 0 Å². The molecule has 0 aliphatic carbocycles. The molecule has 0 aromatic heterocycles. The van der Waals surface area contributed by atoms with Gasteiger partial charge in [-0.25, -0.2) is 0 Å². The van der Waals surface area contributed by atoms with Crippen molar-refractivity contribution in [3.63, 3.8) is 0 Å². The van der Waals surface area contributed by atoms with E-state index < -0.39 is 5.41 Å². The Morgan fingerprint density at radius 1 is 1.08 bits per heavy atom. The van der Waals surface area contributed by atoms with Crippen LogP contribution in [0.4, 0.5) is 5.69 Å². The zero-order chi connectivity index (χ0) is 17.6. The van der Waals surface area contributed by atoms with Crippen molar-refractivity contribution in [2.24, 2.45) is 5.41 Å². The first kappa shape index (κ1) is 18.3. The van der Waals surface area contributed by atoms with Gasteiger partial charge in [-0.15, -0.1) is 0 Å². The molecule has 5 nitrogen and oxygen atoms in total. The van der Waals surface area contributed by atoms with Gasteiger partial charge in [0.2, 0.25) is 11.8 Å². The molecule has 1 aliphatic heterocycles. The number of benzene rings is 1. The molecule has 1 aromatic carbocycles. The predicted octanol–water partition coefficient (Wildman–Crippen LogP) is 3.45. The van der Waals surface area contributed by atoms with Crippen molar-refractivity contribution in [2.45, 2.75) is 46.5 Å². The minimum atomic E-state index is -1.08. The van der Waals surface area contributed by atoms with Gasteiger partial charge in [0.1, 0.15) is 11.2 Å². The number of ether oxygens (including phenoxy) is 1. The third-order valence-corrected chi connectivity index (χ3v) is 4.42. The fourth-order valence-electron chi connectivity index (χ4n) is 2.85. The van der Waals surface area contributed by atoms with Crippen LogP contribution in [0.1, 0.15) is 46.5 Å². The molecular weight excluding hydrogens is 304 g/mol. The fourth-order valence-corrected chi connectivity index (χ4v) is 2.85. The van der Waals surface area contributed by atoms with Gasteiger partial charge in [-0.05, 0) is 57.9 Å². The zero-order valence-corrected chi connectivity index (χ0v) is 14.9. The summed E-state index contributed by atoms with van der Waals surface area (Å²) in [6.07, 6.45) is 4.34. The van der Waals surface area contributed by atoms with E-state index in [-0.39, 0.29) is 11.8 Å². The highest BCUT2D eigenvalue weighted by Crippen LogP contribution is 2.24. The van der Waals surface area contributed by atoms with Gasteiger partial charge in [0, 0.05) is 18.8 Å². The third kappa shape index (κ3) is 4.49. The second-order valence-electron chi connectivity index (χ2n) is 6.74. The second kappa shape index (κ2) is 8.18. The number of carbonyl (C=O) groups is 2. The first-order valence-electron chi connectivity index (χ1n) is 8.79. The van der Waals surface area contributed by atoms with Crippen molar-refractivity contribution >= 4 is 17.5 Å². The standard InChI is InChI=1S/C19H28N2O3/c1-4-24-16-11-9-15(10-12-16)20-17(22)19(2,3)18(23)21-13-7-5-6-8-14-21/h9-12H,4-8,13-14H2,1-3H3,(H,20,22). The molecule has 1 N–H and O–H groups in total. The molecule has 1 heterocycles. The van der Waals surface area contributed by atoms with Crippen LogP contribution in [0.25, 0.3) is 0 Å². The number of nitrogens with one attached hydrogen (secondary N) is 1. The number of nitrogens with zero attached hydrogens (tertiary/aromatic N) is 1. The summed E-state index contributed by atoms with van der Waals surface area (Å²) < 4.78 is 5.39. The number of anilines is 1. The number of amides is 2. The number of hydrogen-bond acceptors (Lipinski definition) is 3. The highest BCUT2D eigenvalue weighted by Gasteiger charge is 2.39. The van der Waals surface area contributed by atoms with E-state index in [2.05, 4.69) is 5.32 Å². The molecule has 0 unspecified atom stereocenters. The number of likely N-dealkylation sites (tertiary alicyclic amines) is 1. The Hall–Kier alpha value is -2.04. The lowest BCUT2D eigenvalue weighted by Crippen LogP contribution is -2.47. The van der Waals surface area contributed by atoms with E-state index in [1.165, 1.54) is 0 Å². The van der Waals surface area contributed by atoms with Crippen LogP contribution in [0.15, 0.2) is 24.3 Å². The maximum absolute atomic E-state index is 12.8. The van der Waals surface area contributed by atoms with Crippen molar-refractivity contribution in [1.29, 1.82) is 0 Å². The molecule has 1 aliphatic rings. The largest absolute Gasteiger partial charge is 0.494 e. The van der Waals surface area contributed by atoms with Gasteiger partial charge < -0.3 is 15.0 Å². The van der Waals surface area contributed by atoms with E-state index in [4.69, 9.17) is 4.74 Å². The van der Waals surface area contributed by atoms with Gasteiger partial charge in [0.25, 0.3) is 0 Å². The number of rotatable bonds is 5. The topological polar surface area (TPSA) is 58.6 Å². The normalized spacial score (nSPS) is 15.5. The maximum Gasteiger partial charge on any atom is 0.239 e. The molecule has 24 heavy (non-hydrogen) atoms. The van der Waals surface area contributed by atoms with Crippen LogP contribution in [0.2, 0.25) is 0 Å². The Bertz CT molecular complexity index is 558. The SMILES string of the molecule is CCOc1ccc(NC(=O)C(C)(C)C(=O)N2CCCCCC2)cc1. The summed E-state index contributed by atoms with van der Waals surface area (Å²) in [5, 5.41) is 2.85. The summed E-state index contributed by atoms with van der Waals surface area (Å²) in [5.41, 5.74) is -0.414. The molecule has 2 rings (SSSR count). The first-order chi connectivity index (χ1) is 11.4. The fraction of sp³-hybridized carbons (Fsp3) is 0.579. The van der Waals surface area contributed by atoms with E-state index in [9.17, 15) is 9.59 Å². The van der Waals surface area contributed by atoms with Gasteiger partial charge in [0.05, 0.1) is 6.61 Å². The molecule has 132 valence electrons. The van der Waals surface area contributed by atoms with Crippen LogP contribution < -0.4 is 10.1 Å². The van der Waals surface area contributed by atoms with E-state index in [1.807, 2.05) is 24.0 Å². The Balaban J connectivity index is 2.01. The third-order valence-electron chi connectivity index (χ3n) is 4.42. The monoisotopic (exact) mass is 332 g/mol. The minimum Gasteiger partial charge on any atom is -0.494 e. The zero-order valence-electron chi connectivity index (χ0n) is 14.9. The van der Waals surface area contributed by atoms with E-state index >= 15 is 0 Å². The summed E-state index contributed by atoms with van der Waals surface area (Å²) in [7, 11) is 0. The number of carbonyl (C=O) groups excluding carboxylic acids is 2. The molecular formula is C19H28N2O3. The summed E-state index contributed by atoms with van der Waals surface area (Å²) in [6, 6.07) is 7.19. The molecule has 1 saturated heterocycles. The summed E-state index contributed by atoms with van der Waals surface area (Å²) in [6.45, 7) is 7.42. The molecule has 5 heteroatoms. The first-order valence-corrected chi connectivity index (χ1v) is 8.79. The average Bonchev–Trinajstić information content (AvgIpc) is 2.85. The highest BCUT2D eigenvalue weighted by molar-refractivity contribution is 6.09. The van der Waals surface area contributed by atoms with Crippen LogP contribution in [-0.2, 0) is 9.59 Å². The Morgan fingerprint density at radius 3 is 2.21 bits per heavy atom. The van der Waals surface area contributed by atoms with Crippen molar-refractivity contribution < 1.29 is 14.3 Å². The molecule has 0 saturated carbocycles. The quantitative estimate of drug-likeness (QED) is 0.840. The molecule has 1 aromatic rings. The van der Waals surface area contributed by atoms with Gasteiger partial charge in [0.15, 0.2) is 0 Å². The number of hydrogen-bond donors (Lipinski definition) is 1. The lowest BCUT2D eigenvalue weighted by atomic mass is 9.90. The summed E-state index contributed by atoms with van der Waals surface area (Å²) in [4.78, 5) is 27.3. The van der Waals surface area contributed by atoms with Crippen molar-refractivity contribution in [1.82, 2.24) is 4.90 Å². The van der Waals surface area contributed by atoms with Crippen LogP contribution in [0, 0.1) is 5.41 Å². The molecule has 2 amide bonds. The molecule has 1 fully saturated rings. The van der Waals surface area contributed by atoms with Crippen molar-refractivity contribution in [3.05, 3.63) is 24.3 Å². The summed E-state index contributed by atoms with van der Waals surface area (Å²) >= 11 is 0. The smallest absolute Gasteiger partial charge is 0.239 e. The molecule has 0 bridgehead atoms. The average molecular weight is 332 g/mol. The van der Waals surface area contributed by atoms with Gasteiger partial charge >= 0.3 is 0 Å². The second-order valence-corrected chi connectivity index (χ2v) is 6.74. The Labute approximate surface area is 144 Å². The van der Waals surface area contributed by atoms with E-state index in [0.29, 0.717) is 12.3 Å². The lowest BCUT2D eigenvalue weighted by Gasteiger charge is -2.30. The van der Waals surface area contributed by atoms with E-state index in [0.717, 1.165) is 44.5 Å². The lowest BCUT2D eigenvalue weighted by molar-refractivity contribution is -0.146. The predicted molar refractivity (Wildman–Crippen MR) is 95.1 cm³/mol. The van der Waals surface area contributed by atoms with Crippen LogP contribution >= 0.6 is 0 Å². The van der Waals surface area contributed by atoms with E-state index in [1.54, 1.807) is 26.0 Å². The van der Waals surface area contributed by atoms with Crippen LogP contribution in [0.5, 0.6) is 5.75 Å². The van der Waals surface area contributed by atoms with Gasteiger partial charge in [-0.3, -0.25) is 9.59 Å².